The van der Waals surface area contributed by atoms with Crippen LogP contribution in [0.4, 0.5) is 5.95 Å². The lowest BCUT2D eigenvalue weighted by Crippen LogP contribution is -2.29. The van der Waals surface area contributed by atoms with Gasteiger partial charge in [-0.2, -0.15) is 10.1 Å². The predicted molar refractivity (Wildman–Crippen MR) is 120 cm³/mol. The molecule has 0 fully saturated rings. The van der Waals surface area contributed by atoms with E-state index < -0.39 is 11.2 Å². The minimum Gasteiger partial charge on any atom is -0.508 e. The van der Waals surface area contributed by atoms with E-state index in [1.54, 1.807) is 47.9 Å². The van der Waals surface area contributed by atoms with Gasteiger partial charge < -0.3 is 5.11 Å². The summed E-state index contributed by atoms with van der Waals surface area (Å²) in [6.07, 6.45) is 0. The van der Waals surface area contributed by atoms with Crippen LogP contribution in [0.2, 0.25) is 5.02 Å². The number of benzene rings is 2. The molecule has 2 heterocycles. The van der Waals surface area contributed by atoms with Gasteiger partial charge in [0.2, 0.25) is 5.95 Å². The fourth-order valence-corrected chi connectivity index (χ4v) is 3.27. The summed E-state index contributed by atoms with van der Waals surface area (Å²) in [7, 11) is 1.54. The van der Waals surface area contributed by atoms with Crippen LogP contribution in [-0.2, 0) is 13.6 Å². The Morgan fingerprint density at radius 1 is 1.16 bits per heavy atom. The number of H-pyrrole nitrogens is 1. The average Bonchev–Trinajstić information content (AvgIpc) is 3.11. The zero-order valence-electron chi connectivity index (χ0n) is 16.8. The molecule has 4 rings (SSSR count). The molecule has 0 radical (unpaired) electrons. The fourth-order valence-electron chi connectivity index (χ4n) is 3.15. The first kappa shape index (κ1) is 20.4. The fraction of sp³-hybridized carbons (Fsp3) is 0.143. The Hall–Kier alpha value is -3.85. The number of hydrogen-bond acceptors (Lipinski definition) is 6. The Kier molecular flexibility index (Phi) is 5.35. The molecular formula is C21H19ClN6O3. The molecule has 0 unspecified atom stereocenters. The summed E-state index contributed by atoms with van der Waals surface area (Å²) < 4.78 is 2.93. The summed E-state index contributed by atoms with van der Waals surface area (Å²) in [6, 6.07) is 13.8. The van der Waals surface area contributed by atoms with E-state index in [0.717, 1.165) is 11.1 Å². The van der Waals surface area contributed by atoms with E-state index in [4.69, 9.17) is 11.6 Å². The van der Waals surface area contributed by atoms with Crippen molar-refractivity contribution in [3.63, 3.8) is 0 Å². The molecule has 0 atom stereocenters. The number of hydrogen-bond donors (Lipinski definition) is 3. The zero-order chi connectivity index (χ0) is 22.1. The van der Waals surface area contributed by atoms with E-state index in [2.05, 4.69) is 20.5 Å². The van der Waals surface area contributed by atoms with Crippen LogP contribution in [0.3, 0.4) is 0 Å². The van der Waals surface area contributed by atoms with E-state index in [0.29, 0.717) is 23.2 Å². The third kappa shape index (κ3) is 4.08. The van der Waals surface area contributed by atoms with Crippen LogP contribution in [0.15, 0.2) is 63.2 Å². The highest BCUT2D eigenvalue weighted by Crippen LogP contribution is 2.19. The molecule has 10 heteroatoms. The van der Waals surface area contributed by atoms with E-state index in [1.807, 2.05) is 12.1 Å². The number of rotatable bonds is 5. The maximum Gasteiger partial charge on any atom is 0.329 e. The summed E-state index contributed by atoms with van der Waals surface area (Å²) in [4.78, 5) is 31.4. The second-order valence-electron chi connectivity index (χ2n) is 6.99. The number of imidazole rings is 1. The first-order valence-electron chi connectivity index (χ1n) is 9.37. The Bertz CT molecular complexity index is 1400. The number of halogens is 1. The lowest BCUT2D eigenvalue weighted by Gasteiger charge is -2.09. The molecule has 158 valence electrons. The van der Waals surface area contributed by atoms with Crippen LogP contribution in [0.25, 0.3) is 11.2 Å². The van der Waals surface area contributed by atoms with Crippen LogP contribution < -0.4 is 16.7 Å². The summed E-state index contributed by atoms with van der Waals surface area (Å²) >= 11 is 5.98. The highest BCUT2D eigenvalue weighted by molar-refractivity contribution is 6.30. The number of nitrogens with one attached hydrogen (secondary N) is 2. The van der Waals surface area contributed by atoms with Gasteiger partial charge in [-0.05, 0) is 54.4 Å². The van der Waals surface area contributed by atoms with E-state index in [9.17, 15) is 14.7 Å². The summed E-state index contributed by atoms with van der Waals surface area (Å²) in [5.41, 5.74) is 4.64. The van der Waals surface area contributed by atoms with Gasteiger partial charge in [0.05, 0.1) is 12.3 Å². The topological polar surface area (TPSA) is 117 Å². The molecule has 0 saturated carbocycles. The van der Waals surface area contributed by atoms with Crippen LogP contribution in [-0.4, -0.2) is 29.9 Å². The third-order valence-corrected chi connectivity index (χ3v) is 5.12. The van der Waals surface area contributed by atoms with Crippen molar-refractivity contribution < 1.29 is 5.11 Å². The number of hydrazone groups is 1. The minimum atomic E-state index is -0.552. The molecule has 3 N–H and O–H groups in total. The number of aromatic hydroxyl groups is 1. The molecule has 0 aliphatic heterocycles. The van der Waals surface area contributed by atoms with Gasteiger partial charge in [-0.3, -0.25) is 18.9 Å². The van der Waals surface area contributed by atoms with Crippen molar-refractivity contribution in [3.8, 4) is 5.75 Å². The van der Waals surface area contributed by atoms with Gasteiger partial charge in [0.1, 0.15) is 5.75 Å². The normalized spacial score (nSPS) is 11.8. The number of phenols is 1. The molecule has 2 aromatic heterocycles. The molecule has 2 aromatic carbocycles. The number of phenolic OH excluding ortho intramolecular Hbond substituents is 1. The van der Waals surface area contributed by atoms with Crippen molar-refractivity contribution in [1.29, 1.82) is 0 Å². The molecule has 0 bridgehead atoms. The van der Waals surface area contributed by atoms with Crippen molar-refractivity contribution in [2.75, 3.05) is 5.43 Å². The predicted octanol–water partition coefficient (Wildman–Crippen LogP) is 2.67. The first-order chi connectivity index (χ1) is 14.8. The average molecular weight is 439 g/mol. The molecule has 0 aliphatic carbocycles. The van der Waals surface area contributed by atoms with Crippen LogP contribution >= 0.6 is 11.6 Å². The maximum absolute atomic E-state index is 12.6. The summed E-state index contributed by atoms with van der Waals surface area (Å²) in [6.45, 7) is 2.11. The van der Waals surface area contributed by atoms with E-state index in [-0.39, 0.29) is 16.9 Å². The molecule has 0 amide bonds. The van der Waals surface area contributed by atoms with Crippen molar-refractivity contribution >= 4 is 34.4 Å². The van der Waals surface area contributed by atoms with Gasteiger partial charge in [-0.25, -0.2) is 10.2 Å². The van der Waals surface area contributed by atoms with Crippen molar-refractivity contribution in [2.24, 2.45) is 12.1 Å². The smallest absolute Gasteiger partial charge is 0.329 e. The van der Waals surface area contributed by atoms with E-state index >= 15 is 0 Å². The molecule has 0 saturated heterocycles. The first-order valence-corrected chi connectivity index (χ1v) is 9.75. The number of aromatic nitrogens is 4. The van der Waals surface area contributed by atoms with Gasteiger partial charge in [0.15, 0.2) is 11.2 Å². The maximum atomic E-state index is 12.6. The second-order valence-corrected chi connectivity index (χ2v) is 7.43. The standard InChI is InChI=1S/C21H19ClN6O3/c1-12(14-5-9-16(29)10-6-14)25-26-20-23-18-17(19(30)24-21(31)27(18)2)28(20)11-13-3-7-15(22)8-4-13/h3-10,29H,11H2,1-2H3,(H,23,26)(H,24,30,31)/b25-12-. The molecular weight excluding hydrogens is 420 g/mol. The summed E-state index contributed by atoms with van der Waals surface area (Å²) in [5.74, 6) is 0.462. The number of anilines is 1. The van der Waals surface area contributed by atoms with Crippen molar-refractivity contribution in [2.45, 2.75) is 13.5 Å². The Labute approximate surface area is 181 Å². The largest absolute Gasteiger partial charge is 0.508 e. The Balaban J connectivity index is 1.80. The van der Waals surface area contributed by atoms with Crippen molar-refractivity contribution in [1.82, 2.24) is 19.1 Å². The van der Waals surface area contributed by atoms with Gasteiger partial charge in [-0.15, -0.1) is 0 Å². The van der Waals surface area contributed by atoms with Gasteiger partial charge in [0, 0.05) is 12.1 Å². The summed E-state index contributed by atoms with van der Waals surface area (Å²) in [5, 5.41) is 14.4. The SMILES string of the molecule is C/C(=N/Nc1nc2c(c(=O)[nH]c(=O)n2C)n1Cc1ccc(Cl)cc1)c1ccc(O)cc1. The van der Waals surface area contributed by atoms with Crippen LogP contribution in [0.1, 0.15) is 18.1 Å². The molecule has 9 nitrogen and oxygen atoms in total. The van der Waals surface area contributed by atoms with Crippen LogP contribution in [0, 0.1) is 0 Å². The second kappa shape index (κ2) is 8.11. The van der Waals surface area contributed by atoms with Crippen LogP contribution in [0.5, 0.6) is 5.75 Å². The van der Waals surface area contributed by atoms with Gasteiger partial charge in [0.25, 0.3) is 5.56 Å². The molecule has 31 heavy (non-hydrogen) atoms. The lowest BCUT2D eigenvalue weighted by molar-refractivity contribution is 0.475. The monoisotopic (exact) mass is 438 g/mol. The Morgan fingerprint density at radius 3 is 2.52 bits per heavy atom. The van der Waals surface area contributed by atoms with Gasteiger partial charge >= 0.3 is 5.69 Å². The van der Waals surface area contributed by atoms with E-state index in [1.165, 1.54) is 11.6 Å². The molecule has 0 spiro atoms. The lowest BCUT2D eigenvalue weighted by atomic mass is 10.1. The Morgan fingerprint density at radius 2 is 1.84 bits per heavy atom. The molecule has 0 aliphatic rings. The van der Waals surface area contributed by atoms with Crippen molar-refractivity contribution in [3.05, 3.63) is 85.5 Å². The third-order valence-electron chi connectivity index (χ3n) is 4.87. The highest BCUT2D eigenvalue weighted by atomic mass is 35.5. The minimum absolute atomic E-state index is 0.161. The van der Waals surface area contributed by atoms with Gasteiger partial charge in [-0.1, -0.05) is 23.7 Å². The zero-order valence-corrected chi connectivity index (χ0v) is 17.5. The number of nitrogens with zero attached hydrogens (tertiary/aromatic N) is 4. The number of fused-ring (bicyclic) bond motifs is 1. The molecule has 4 aromatic rings. The highest BCUT2D eigenvalue weighted by Gasteiger charge is 2.17. The number of aryl methyl sites for hydroxylation is 1. The quantitative estimate of drug-likeness (QED) is 0.327. The number of aromatic amines is 1.